The van der Waals surface area contributed by atoms with Gasteiger partial charge in [-0.05, 0) is 31.0 Å². The van der Waals surface area contributed by atoms with Gasteiger partial charge in [0.1, 0.15) is 0 Å². The molecule has 0 fully saturated rings. The molecule has 1 aromatic heterocycles. The van der Waals surface area contributed by atoms with Gasteiger partial charge in [-0.3, -0.25) is 14.9 Å². The summed E-state index contributed by atoms with van der Waals surface area (Å²) in [7, 11) is 0. The highest BCUT2D eigenvalue weighted by molar-refractivity contribution is 7.14. The van der Waals surface area contributed by atoms with Gasteiger partial charge >= 0.3 is 0 Å². The van der Waals surface area contributed by atoms with E-state index >= 15 is 0 Å². The number of rotatable bonds is 4. The van der Waals surface area contributed by atoms with Gasteiger partial charge < -0.3 is 5.32 Å². The summed E-state index contributed by atoms with van der Waals surface area (Å²) in [6.45, 7) is 3.82. The summed E-state index contributed by atoms with van der Waals surface area (Å²) in [6.07, 6.45) is 0.883. The predicted molar refractivity (Wildman–Crippen MR) is 79.5 cm³/mol. The van der Waals surface area contributed by atoms with Crippen LogP contribution in [-0.4, -0.2) is 10.8 Å². The number of benzene rings is 1. The predicted octanol–water partition coefficient (Wildman–Crippen LogP) is 3.78. The fourth-order valence-corrected chi connectivity index (χ4v) is 2.57. The quantitative estimate of drug-likeness (QED) is 0.688. The Bertz CT molecular complexity index is 664. The summed E-state index contributed by atoms with van der Waals surface area (Å²) in [5.41, 5.74) is 1.22. The molecular formula is C14H14N2O3S. The summed E-state index contributed by atoms with van der Waals surface area (Å²) in [5, 5.41) is 13.5. The molecule has 0 aliphatic carbocycles. The second-order valence-electron chi connectivity index (χ2n) is 4.33. The molecule has 5 nitrogen and oxygen atoms in total. The third kappa shape index (κ3) is 3.03. The number of non-ortho nitro benzene ring substituents is 1. The molecule has 20 heavy (non-hydrogen) atoms. The molecule has 2 rings (SSSR count). The number of nitro benzene ring substituents is 1. The van der Waals surface area contributed by atoms with Gasteiger partial charge in [0.05, 0.1) is 15.5 Å². The zero-order valence-electron chi connectivity index (χ0n) is 11.2. The van der Waals surface area contributed by atoms with Gasteiger partial charge in [-0.2, -0.15) is 0 Å². The first-order chi connectivity index (χ1) is 9.51. The van der Waals surface area contributed by atoms with E-state index in [2.05, 4.69) is 5.32 Å². The van der Waals surface area contributed by atoms with Crippen molar-refractivity contribution in [2.24, 2.45) is 0 Å². The van der Waals surface area contributed by atoms with Gasteiger partial charge in [0.15, 0.2) is 0 Å². The van der Waals surface area contributed by atoms with Crippen molar-refractivity contribution < 1.29 is 9.72 Å². The van der Waals surface area contributed by atoms with Gasteiger partial charge in [0.25, 0.3) is 11.6 Å². The normalized spacial score (nSPS) is 10.3. The number of amides is 1. The maximum atomic E-state index is 12.1. The Hall–Kier alpha value is -2.21. The van der Waals surface area contributed by atoms with Crippen LogP contribution in [-0.2, 0) is 6.42 Å². The van der Waals surface area contributed by atoms with E-state index in [0.29, 0.717) is 10.6 Å². The number of carbonyl (C=O) groups excluding carboxylic acids is 1. The lowest BCUT2D eigenvalue weighted by atomic mass is 10.2. The smallest absolute Gasteiger partial charge is 0.271 e. The minimum atomic E-state index is -0.477. The lowest BCUT2D eigenvalue weighted by Crippen LogP contribution is -2.11. The molecule has 0 aliphatic heterocycles. The van der Waals surface area contributed by atoms with Crippen molar-refractivity contribution >= 4 is 28.6 Å². The number of aryl methyl sites for hydroxylation is 2. The Balaban J connectivity index is 2.22. The van der Waals surface area contributed by atoms with E-state index in [1.165, 1.54) is 23.5 Å². The second kappa shape index (κ2) is 5.83. The van der Waals surface area contributed by atoms with Crippen LogP contribution in [0.15, 0.2) is 30.3 Å². The number of hydrogen-bond donors (Lipinski definition) is 1. The molecule has 1 aromatic carbocycles. The van der Waals surface area contributed by atoms with Crippen LogP contribution < -0.4 is 5.32 Å². The molecule has 0 spiro atoms. The summed E-state index contributed by atoms with van der Waals surface area (Å²) in [6, 6.07) is 8.11. The Kier molecular flexibility index (Phi) is 4.14. The first kappa shape index (κ1) is 14.2. The number of nitrogens with zero attached hydrogens (tertiary/aromatic N) is 1. The maximum absolute atomic E-state index is 12.1. The SMILES string of the molecule is CCc1ccc(C(=O)Nc2cc([N+](=O)[O-])ccc2C)s1. The Morgan fingerprint density at radius 1 is 1.35 bits per heavy atom. The Labute approximate surface area is 120 Å². The van der Waals surface area contributed by atoms with Crippen molar-refractivity contribution in [2.75, 3.05) is 5.32 Å². The first-order valence-corrected chi connectivity index (χ1v) is 6.98. The third-order valence-electron chi connectivity index (χ3n) is 2.91. The number of nitrogens with one attached hydrogen (secondary N) is 1. The van der Waals surface area contributed by atoms with Crippen LogP contribution in [0.2, 0.25) is 0 Å². The zero-order valence-corrected chi connectivity index (χ0v) is 12.0. The molecule has 6 heteroatoms. The highest BCUT2D eigenvalue weighted by atomic mass is 32.1. The van der Waals surface area contributed by atoms with Crippen molar-refractivity contribution in [3.05, 3.63) is 55.8 Å². The Morgan fingerprint density at radius 3 is 2.70 bits per heavy atom. The highest BCUT2D eigenvalue weighted by Crippen LogP contribution is 2.24. The van der Waals surface area contributed by atoms with Crippen molar-refractivity contribution in [3.63, 3.8) is 0 Å². The van der Waals surface area contributed by atoms with E-state index < -0.39 is 4.92 Å². The number of nitro groups is 1. The lowest BCUT2D eigenvalue weighted by Gasteiger charge is -2.07. The van der Waals surface area contributed by atoms with Crippen LogP contribution in [0.5, 0.6) is 0 Å². The molecule has 1 N–H and O–H groups in total. The minimum absolute atomic E-state index is 0.0358. The van der Waals surface area contributed by atoms with Crippen LogP contribution in [0.25, 0.3) is 0 Å². The molecule has 104 valence electrons. The monoisotopic (exact) mass is 290 g/mol. The molecule has 1 heterocycles. The van der Waals surface area contributed by atoms with Crippen molar-refractivity contribution in [2.45, 2.75) is 20.3 Å². The molecule has 0 saturated carbocycles. The number of anilines is 1. The van der Waals surface area contributed by atoms with E-state index in [9.17, 15) is 14.9 Å². The second-order valence-corrected chi connectivity index (χ2v) is 5.50. The fourth-order valence-electron chi connectivity index (χ4n) is 1.73. The van der Waals surface area contributed by atoms with Gasteiger partial charge in [-0.25, -0.2) is 0 Å². The van der Waals surface area contributed by atoms with Crippen LogP contribution in [0.4, 0.5) is 11.4 Å². The Morgan fingerprint density at radius 2 is 2.10 bits per heavy atom. The molecule has 0 unspecified atom stereocenters. The molecule has 0 radical (unpaired) electrons. The number of hydrogen-bond acceptors (Lipinski definition) is 4. The van der Waals surface area contributed by atoms with Crippen LogP contribution in [0, 0.1) is 17.0 Å². The molecule has 0 bridgehead atoms. The molecule has 2 aromatic rings. The van der Waals surface area contributed by atoms with Crippen LogP contribution in [0.1, 0.15) is 27.0 Å². The van der Waals surface area contributed by atoms with Gasteiger partial charge in [0, 0.05) is 17.0 Å². The van der Waals surface area contributed by atoms with E-state index in [-0.39, 0.29) is 11.6 Å². The average Bonchev–Trinajstić information content (AvgIpc) is 2.89. The topological polar surface area (TPSA) is 72.2 Å². The first-order valence-electron chi connectivity index (χ1n) is 6.16. The summed E-state index contributed by atoms with van der Waals surface area (Å²) >= 11 is 1.43. The largest absolute Gasteiger partial charge is 0.321 e. The fraction of sp³-hybridized carbons (Fsp3) is 0.214. The van der Waals surface area contributed by atoms with Crippen molar-refractivity contribution in [1.82, 2.24) is 0 Å². The maximum Gasteiger partial charge on any atom is 0.271 e. The molecule has 0 aliphatic rings. The van der Waals surface area contributed by atoms with E-state index in [4.69, 9.17) is 0 Å². The summed E-state index contributed by atoms with van der Waals surface area (Å²) in [5.74, 6) is -0.238. The van der Waals surface area contributed by atoms with Crippen molar-refractivity contribution in [3.8, 4) is 0 Å². The number of thiophene rings is 1. The zero-order chi connectivity index (χ0) is 14.7. The number of carbonyl (C=O) groups is 1. The van der Waals surface area contributed by atoms with Gasteiger partial charge in [-0.1, -0.05) is 13.0 Å². The minimum Gasteiger partial charge on any atom is -0.321 e. The van der Waals surface area contributed by atoms with Gasteiger partial charge in [-0.15, -0.1) is 11.3 Å². The van der Waals surface area contributed by atoms with Crippen molar-refractivity contribution in [1.29, 1.82) is 0 Å². The van der Waals surface area contributed by atoms with Crippen LogP contribution in [0.3, 0.4) is 0 Å². The highest BCUT2D eigenvalue weighted by Gasteiger charge is 2.13. The van der Waals surface area contributed by atoms with E-state index in [1.54, 1.807) is 19.1 Å². The summed E-state index contributed by atoms with van der Waals surface area (Å²) < 4.78 is 0. The lowest BCUT2D eigenvalue weighted by molar-refractivity contribution is -0.384. The molecule has 0 saturated heterocycles. The molecular weight excluding hydrogens is 276 g/mol. The summed E-state index contributed by atoms with van der Waals surface area (Å²) in [4.78, 5) is 24.1. The van der Waals surface area contributed by atoms with Gasteiger partial charge in [0.2, 0.25) is 0 Å². The molecule has 1 amide bonds. The van der Waals surface area contributed by atoms with E-state index in [0.717, 1.165) is 16.9 Å². The third-order valence-corrected chi connectivity index (χ3v) is 4.14. The molecule has 0 atom stereocenters. The standard InChI is InChI=1S/C14H14N2O3S/c1-3-11-6-7-13(20-11)14(17)15-12-8-10(16(18)19)5-4-9(12)2/h4-8H,3H2,1-2H3,(H,15,17). The van der Waals surface area contributed by atoms with Crippen LogP contribution >= 0.6 is 11.3 Å². The van der Waals surface area contributed by atoms with E-state index in [1.807, 2.05) is 13.0 Å². The average molecular weight is 290 g/mol.